The van der Waals surface area contributed by atoms with E-state index in [2.05, 4.69) is 33.0 Å². The summed E-state index contributed by atoms with van der Waals surface area (Å²) in [6, 6.07) is 3.87. The van der Waals surface area contributed by atoms with E-state index in [9.17, 15) is 8.78 Å². The Balaban J connectivity index is 2.23. The summed E-state index contributed by atoms with van der Waals surface area (Å²) in [4.78, 5) is 0. The van der Waals surface area contributed by atoms with Crippen LogP contribution in [-0.2, 0) is 5.41 Å². The normalized spacial score (nSPS) is 27.3. The number of benzene rings is 1. The molecule has 0 aromatic heterocycles. The van der Waals surface area contributed by atoms with E-state index in [4.69, 9.17) is 0 Å². The molecule has 1 aliphatic carbocycles. The Bertz CT molecular complexity index is 430. The molecule has 100 valence electrons. The van der Waals surface area contributed by atoms with Gasteiger partial charge in [-0.2, -0.15) is 0 Å². The lowest BCUT2D eigenvalue weighted by molar-refractivity contribution is 0.390. The van der Waals surface area contributed by atoms with E-state index in [1.165, 1.54) is 12.1 Å². The first-order valence-electron chi connectivity index (χ1n) is 6.44. The van der Waals surface area contributed by atoms with E-state index >= 15 is 0 Å². The van der Waals surface area contributed by atoms with Crippen LogP contribution in [0.1, 0.15) is 39.7 Å². The molecule has 0 spiro atoms. The number of halogens is 2. The zero-order valence-corrected chi connectivity index (χ0v) is 11.5. The summed E-state index contributed by atoms with van der Waals surface area (Å²) in [6.07, 6.45) is 0.985. The van der Waals surface area contributed by atoms with Gasteiger partial charge in [-0.1, -0.05) is 6.92 Å². The summed E-state index contributed by atoms with van der Waals surface area (Å²) >= 11 is 0. The van der Waals surface area contributed by atoms with E-state index < -0.39 is 11.6 Å². The van der Waals surface area contributed by atoms with Crippen molar-refractivity contribution in [2.75, 3.05) is 6.54 Å². The van der Waals surface area contributed by atoms with Crippen LogP contribution in [0.5, 0.6) is 0 Å². The van der Waals surface area contributed by atoms with Gasteiger partial charge in [0, 0.05) is 23.6 Å². The summed E-state index contributed by atoms with van der Waals surface area (Å²) in [5.41, 5.74) is 0.696. The molecule has 18 heavy (non-hydrogen) atoms. The maximum absolute atomic E-state index is 13.3. The molecule has 1 saturated carbocycles. The van der Waals surface area contributed by atoms with Gasteiger partial charge in [-0.25, -0.2) is 8.78 Å². The van der Waals surface area contributed by atoms with Crippen molar-refractivity contribution in [3.05, 3.63) is 35.4 Å². The molecule has 1 fully saturated rings. The largest absolute Gasteiger partial charge is 0.311 e. The average molecular weight is 253 g/mol. The number of hydrogen-bond donors (Lipinski definition) is 1. The third-order valence-corrected chi connectivity index (χ3v) is 3.83. The third-order valence-electron chi connectivity index (χ3n) is 3.83. The van der Waals surface area contributed by atoms with Gasteiger partial charge in [-0.15, -0.1) is 0 Å². The maximum atomic E-state index is 13.3. The first-order valence-corrected chi connectivity index (χ1v) is 6.44. The molecule has 3 heteroatoms. The molecular formula is C15H21F2N. The molecule has 0 amide bonds. The van der Waals surface area contributed by atoms with Gasteiger partial charge in [0.1, 0.15) is 11.6 Å². The molecule has 1 aromatic carbocycles. The van der Waals surface area contributed by atoms with Gasteiger partial charge in [-0.3, -0.25) is 0 Å². The monoisotopic (exact) mass is 253 g/mol. The number of rotatable bonds is 3. The molecule has 0 bridgehead atoms. The van der Waals surface area contributed by atoms with Crippen molar-refractivity contribution in [2.24, 2.45) is 5.92 Å². The lowest BCUT2D eigenvalue weighted by Gasteiger charge is -2.26. The fraction of sp³-hybridized carbons (Fsp3) is 0.600. The Labute approximate surface area is 108 Å². The Morgan fingerprint density at radius 1 is 1.22 bits per heavy atom. The Kier molecular flexibility index (Phi) is 3.22. The summed E-state index contributed by atoms with van der Waals surface area (Å²) in [5, 5.41) is 3.45. The zero-order valence-electron chi connectivity index (χ0n) is 11.5. The standard InChI is InChI=1S/C15H21F2N/c1-10-8-15(10,9-18-14(2,3)4)11-5-12(16)7-13(17)6-11/h5-7,10,18H,8-9H2,1-4H3. The molecule has 0 heterocycles. The Hall–Kier alpha value is -0.960. The van der Waals surface area contributed by atoms with E-state index in [1.807, 2.05) is 0 Å². The topological polar surface area (TPSA) is 12.0 Å². The van der Waals surface area contributed by atoms with Crippen molar-refractivity contribution >= 4 is 0 Å². The molecule has 1 aromatic rings. The molecule has 0 radical (unpaired) electrons. The first-order chi connectivity index (χ1) is 8.23. The molecule has 2 rings (SSSR count). The second kappa shape index (κ2) is 4.30. The van der Waals surface area contributed by atoms with E-state index in [-0.39, 0.29) is 11.0 Å². The average Bonchev–Trinajstić information content (AvgIpc) is 2.85. The van der Waals surface area contributed by atoms with Crippen LogP contribution in [0, 0.1) is 17.6 Å². The van der Waals surface area contributed by atoms with Crippen LogP contribution >= 0.6 is 0 Å². The molecule has 0 saturated heterocycles. The molecule has 1 N–H and O–H groups in total. The Morgan fingerprint density at radius 3 is 2.11 bits per heavy atom. The van der Waals surface area contributed by atoms with Crippen molar-refractivity contribution in [3.8, 4) is 0 Å². The highest BCUT2D eigenvalue weighted by molar-refractivity contribution is 5.35. The minimum atomic E-state index is -0.487. The van der Waals surface area contributed by atoms with E-state index in [1.54, 1.807) is 0 Å². The van der Waals surface area contributed by atoms with Gasteiger partial charge in [0.05, 0.1) is 0 Å². The summed E-state index contributed by atoms with van der Waals surface area (Å²) in [6.45, 7) is 9.19. The molecular weight excluding hydrogens is 232 g/mol. The predicted molar refractivity (Wildman–Crippen MR) is 69.6 cm³/mol. The van der Waals surface area contributed by atoms with Crippen molar-refractivity contribution in [3.63, 3.8) is 0 Å². The lowest BCUT2D eigenvalue weighted by Crippen LogP contribution is -2.41. The van der Waals surface area contributed by atoms with Gasteiger partial charge in [0.2, 0.25) is 0 Å². The molecule has 2 atom stereocenters. The van der Waals surface area contributed by atoms with Crippen LogP contribution < -0.4 is 5.32 Å². The zero-order chi connectivity index (χ0) is 13.6. The van der Waals surface area contributed by atoms with Crippen LogP contribution in [0.4, 0.5) is 8.78 Å². The van der Waals surface area contributed by atoms with Crippen LogP contribution in [0.2, 0.25) is 0 Å². The second-order valence-electron chi connectivity index (χ2n) is 6.52. The van der Waals surface area contributed by atoms with Crippen LogP contribution in [0.25, 0.3) is 0 Å². The maximum Gasteiger partial charge on any atom is 0.126 e. The Morgan fingerprint density at radius 2 is 1.72 bits per heavy atom. The van der Waals surface area contributed by atoms with E-state index in [0.717, 1.165) is 24.6 Å². The van der Waals surface area contributed by atoms with Gasteiger partial charge in [0.25, 0.3) is 0 Å². The summed E-state index contributed by atoms with van der Waals surface area (Å²) < 4.78 is 26.7. The van der Waals surface area contributed by atoms with Crippen molar-refractivity contribution < 1.29 is 8.78 Å². The molecule has 2 unspecified atom stereocenters. The summed E-state index contributed by atoms with van der Waals surface area (Å²) in [5.74, 6) is -0.507. The minimum absolute atomic E-state index is 0.0151. The van der Waals surface area contributed by atoms with Crippen molar-refractivity contribution in [1.29, 1.82) is 0 Å². The van der Waals surface area contributed by atoms with Crippen molar-refractivity contribution in [1.82, 2.24) is 5.32 Å². The number of nitrogens with one attached hydrogen (secondary N) is 1. The highest BCUT2D eigenvalue weighted by atomic mass is 19.1. The number of hydrogen-bond acceptors (Lipinski definition) is 1. The smallest absolute Gasteiger partial charge is 0.126 e. The fourth-order valence-corrected chi connectivity index (χ4v) is 2.50. The molecule has 0 aliphatic heterocycles. The highest BCUT2D eigenvalue weighted by Gasteiger charge is 2.52. The van der Waals surface area contributed by atoms with Crippen LogP contribution in [0.3, 0.4) is 0 Å². The van der Waals surface area contributed by atoms with Gasteiger partial charge in [0.15, 0.2) is 0 Å². The SMILES string of the molecule is CC1CC1(CNC(C)(C)C)c1cc(F)cc(F)c1. The first kappa shape index (κ1) is 13.5. The minimum Gasteiger partial charge on any atom is -0.311 e. The third kappa shape index (κ3) is 2.72. The lowest BCUT2D eigenvalue weighted by atomic mass is 9.92. The van der Waals surface area contributed by atoms with Gasteiger partial charge in [-0.05, 0) is 50.8 Å². The summed E-state index contributed by atoms with van der Waals surface area (Å²) in [7, 11) is 0. The highest BCUT2D eigenvalue weighted by Crippen LogP contribution is 2.53. The predicted octanol–water partition coefficient (Wildman–Crippen LogP) is 3.63. The van der Waals surface area contributed by atoms with Crippen molar-refractivity contribution in [2.45, 2.75) is 45.1 Å². The van der Waals surface area contributed by atoms with Gasteiger partial charge < -0.3 is 5.32 Å². The van der Waals surface area contributed by atoms with E-state index in [0.29, 0.717) is 5.92 Å². The van der Waals surface area contributed by atoms with Gasteiger partial charge >= 0.3 is 0 Å². The van der Waals surface area contributed by atoms with Crippen LogP contribution in [-0.4, -0.2) is 12.1 Å². The fourth-order valence-electron chi connectivity index (χ4n) is 2.50. The molecule has 1 nitrogen and oxygen atoms in total. The quantitative estimate of drug-likeness (QED) is 0.867. The second-order valence-corrected chi connectivity index (χ2v) is 6.52. The molecule has 1 aliphatic rings. The van der Waals surface area contributed by atoms with Crippen LogP contribution in [0.15, 0.2) is 18.2 Å².